The number of hydrogen-bond donors (Lipinski definition) is 2. The molecule has 0 bridgehead atoms. The molecule has 3 aromatic rings. The van der Waals surface area contributed by atoms with E-state index in [1.807, 2.05) is 25.1 Å². The summed E-state index contributed by atoms with van der Waals surface area (Å²) in [4.78, 5) is 24.6. The van der Waals surface area contributed by atoms with Gasteiger partial charge in [-0.15, -0.1) is 0 Å². The van der Waals surface area contributed by atoms with Crippen LogP contribution in [0, 0.1) is 6.92 Å². The molecule has 3 heterocycles. The highest BCUT2D eigenvalue weighted by atomic mass is 32.2. The van der Waals surface area contributed by atoms with E-state index in [0.29, 0.717) is 36.0 Å². The van der Waals surface area contributed by atoms with Gasteiger partial charge in [0.15, 0.2) is 11.5 Å². The Kier molecular flexibility index (Phi) is 5.75. The summed E-state index contributed by atoms with van der Waals surface area (Å²) in [6.07, 6.45) is 3.80. The van der Waals surface area contributed by atoms with Crippen LogP contribution in [-0.4, -0.2) is 38.6 Å². The van der Waals surface area contributed by atoms with Gasteiger partial charge in [0.2, 0.25) is 12.7 Å². The third kappa shape index (κ3) is 4.24. The van der Waals surface area contributed by atoms with Crippen LogP contribution in [0.3, 0.4) is 0 Å². The number of thioether (sulfide) groups is 1. The Hall–Kier alpha value is -2.94. The largest absolute Gasteiger partial charge is 0.454 e. The molecule has 8 nitrogen and oxygen atoms in total. The van der Waals surface area contributed by atoms with Crippen LogP contribution in [0.5, 0.6) is 11.5 Å². The van der Waals surface area contributed by atoms with Crippen molar-refractivity contribution in [3.05, 3.63) is 63.6 Å². The lowest BCUT2D eigenvalue weighted by molar-refractivity contribution is 0.173. The standard InChI is InChI=1S/C20H23N5O3S/c1-13-16(24-11-23-13)10-29-7-6-21-20-22-9-15(19(26)25(20)2)8-14-4-3-5-17-18(14)28-12-27-17/h3-5,9,11H,6-8,10,12H2,1-2H3,(H,21,22)(H,23,24). The predicted octanol–water partition coefficient (Wildman–Crippen LogP) is 2.48. The molecule has 0 saturated heterocycles. The van der Waals surface area contributed by atoms with E-state index in [-0.39, 0.29) is 12.4 Å². The van der Waals surface area contributed by atoms with Gasteiger partial charge in [-0.25, -0.2) is 9.97 Å². The zero-order valence-corrected chi connectivity index (χ0v) is 17.2. The number of fused-ring (bicyclic) bond motifs is 1. The average Bonchev–Trinajstić information content (AvgIpc) is 3.36. The molecule has 0 radical (unpaired) electrons. The van der Waals surface area contributed by atoms with Gasteiger partial charge in [0.25, 0.3) is 5.56 Å². The zero-order valence-electron chi connectivity index (χ0n) is 16.4. The number of nitrogens with zero attached hydrogens (tertiary/aromatic N) is 3. The van der Waals surface area contributed by atoms with Crippen molar-refractivity contribution in [3.63, 3.8) is 0 Å². The topological polar surface area (TPSA) is 94.1 Å². The van der Waals surface area contributed by atoms with Crippen molar-refractivity contribution >= 4 is 17.7 Å². The van der Waals surface area contributed by atoms with E-state index in [0.717, 1.165) is 28.5 Å². The fraction of sp³-hybridized carbons (Fsp3) is 0.350. The van der Waals surface area contributed by atoms with Crippen LogP contribution >= 0.6 is 11.8 Å². The molecule has 2 aromatic heterocycles. The Morgan fingerprint density at radius 2 is 2.17 bits per heavy atom. The highest BCUT2D eigenvalue weighted by Gasteiger charge is 2.18. The maximum Gasteiger partial charge on any atom is 0.258 e. The molecule has 0 atom stereocenters. The third-order valence-corrected chi connectivity index (χ3v) is 5.77. The predicted molar refractivity (Wildman–Crippen MR) is 113 cm³/mol. The van der Waals surface area contributed by atoms with Gasteiger partial charge in [-0.1, -0.05) is 12.1 Å². The van der Waals surface area contributed by atoms with E-state index < -0.39 is 0 Å². The molecule has 2 N–H and O–H groups in total. The summed E-state index contributed by atoms with van der Waals surface area (Å²) in [5, 5.41) is 3.24. The molecule has 29 heavy (non-hydrogen) atoms. The number of hydrogen-bond acceptors (Lipinski definition) is 7. The number of nitrogens with one attached hydrogen (secondary N) is 2. The summed E-state index contributed by atoms with van der Waals surface area (Å²) in [6, 6.07) is 5.71. The number of ether oxygens (including phenoxy) is 2. The van der Waals surface area contributed by atoms with Crippen molar-refractivity contribution in [1.82, 2.24) is 19.5 Å². The average molecular weight is 414 g/mol. The highest BCUT2D eigenvalue weighted by molar-refractivity contribution is 7.98. The van der Waals surface area contributed by atoms with Crippen LogP contribution < -0.4 is 20.3 Å². The molecule has 152 valence electrons. The number of anilines is 1. The normalized spacial score (nSPS) is 12.3. The monoisotopic (exact) mass is 413 g/mol. The van der Waals surface area contributed by atoms with Crippen LogP contribution in [0.25, 0.3) is 0 Å². The minimum absolute atomic E-state index is 0.0705. The van der Waals surface area contributed by atoms with Crippen molar-refractivity contribution in [2.45, 2.75) is 19.1 Å². The first-order chi connectivity index (χ1) is 14.1. The molecule has 0 saturated carbocycles. The summed E-state index contributed by atoms with van der Waals surface area (Å²) in [5.74, 6) is 3.73. The second-order valence-electron chi connectivity index (χ2n) is 6.75. The first-order valence-corrected chi connectivity index (χ1v) is 10.5. The molecule has 1 aliphatic rings. The number of aryl methyl sites for hydroxylation is 1. The van der Waals surface area contributed by atoms with Crippen molar-refractivity contribution in [1.29, 1.82) is 0 Å². The summed E-state index contributed by atoms with van der Waals surface area (Å²) in [7, 11) is 1.73. The number of aromatic amines is 1. The summed E-state index contributed by atoms with van der Waals surface area (Å²) in [5.41, 5.74) is 3.65. The minimum Gasteiger partial charge on any atom is -0.454 e. The first-order valence-electron chi connectivity index (χ1n) is 9.36. The fourth-order valence-electron chi connectivity index (χ4n) is 3.15. The molecule has 0 unspecified atom stereocenters. The Bertz CT molecular complexity index is 1060. The van der Waals surface area contributed by atoms with Gasteiger partial charge < -0.3 is 19.8 Å². The van der Waals surface area contributed by atoms with Gasteiger partial charge in [0, 0.05) is 54.5 Å². The van der Waals surface area contributed by atoms with Gasteiger partial charge >= 0.3 is 0 Å². The Morgan fingerprint density at radius 3 is 3.00 bits per heavy atom. The first kappa shape index (κ1) is 19.4. The van der Waals surface area contributed by atoms with E-state index in [4.69, 9.17) is 9.47 Å². The fourth-order valence-corrected chi connectivity index (χ4v) is 4.02. The maximum atomic E-state index is 12.8. The number of imidazole rings is 1. The smallest absolute Gasteiger partial charge is 0.258 e. The molecule has 0 spiro atoms. The molecule has 1 aliphatic heterocycles. The van der Waals surface area contributed by atoms with Crippen LogP contribution in [0.4, 0.5) is 5.95 Å². The van der Waals surface area contributed by atoms with Crippen LogP contribution in [0.1, 0.15) is 22.5 Å². The molecule has 9 heteroatoms. The molecular formula is C20H23N5O3S. The second-order valence-corrected chi connectivity index (χ2v) is 7.86. The van der Waals surface area contributed by atoms with Gasteiger partial charge in [0.05, 0.1) is 12.0 Å². The second kappa shape index (κ2) is 8.60. The van der Waals surface area contributed by atoms with E-state index in [1.54, 1.807) is 35.9 Å². The SMILES string of the molecule is Cc1[nH]cnc1CSCCNc1ncc(Cc2cccc3c2OCO3)c(=O)n1C. The maximum absolute atomic E-state index is 12.8. The quantitative estimate of drug-likeness (QED) is 0.548. The Morgan fingerprint density at radius 1 is 1.28 bits per heavy atom. The molecule has 0 fully saturated rings. The van der Waals surface area contributed by atoms with Gasteiger partial charge in [-0.3, -0.25) is 9.36 Å². The van der Waals surface area contributed by atoms with Crippen molar-refractivity contribution < 1.29 is 9.47 Å². The lowest BCUT2D eigenvalue weighted by Gasteiger charge is -2.12. The lowest BCUT2D eigenvalue weighted by atomic mass is 10.1. The van der Waals surface area contributed by atoms with Crippen molar-refractivity contribution in [2.24, 2.45) is 7.05 Å². The minimum atomic E-state index is -0.0705. The van der Waals surface area contributed by atoms with E-state index in [1.165, 1.54) is 0 Å². The number of benzene rings is 1. The molecule has 1 aromatic carbocycles. The number of para-hydroxylation sites is 1. The van der Waals surface area contributed by atoms with Crippen molar-refractivity contribution in [2.75, 3.05) is 24.4 Å². The molecule has 0 aliphatic carbocycles. The number of aromatic nitrogens is 4. The Labute approximate surface area is 172 Å². The van der Waals surface area contributed by atoms with Crippen LogP contribution in [0.2, 0.25) is 0 Å². The summed E-state index contributed by atoms with van der Waals surface area (Å²) < 4.78 is 12.5. The van der Waals surface area contributed by atoms with Gasteiger partial charge in [-0.2, -0.15) is 11.8 Å². The van der Waals surface area contributed by atoms with Crippen LogP contribution in [0.15, 0.2) is 35.5 Å². The molecule has 4 rings (SSSR count). The van der Waals surface area contributed by atoms with Crippen molar-refractivity contribution in [3.8, 4) is 11.5 Å². The molecular weight excluding hydrogens is 390 g/mol. The van der Waals surface area contributed by atoms with E-state index in [2.05, 4.69) is 20.3 Å². The van der Waals surface area contributed by atoms with E-state index >= 15 is 0 Å². The van der Waals surface area contributed by atoms with Crippen LogP contribution in [-0.2, 0) is 19.2 Å². The number of rotatable bonds is 8. The summed E-state index contributed by atoms with van der Waals surface area (Å²) in [6.45, 7) is 2.94. The Balaban J connectivity index is 1.36. The van der Waals surface area contributed by atoms with Gasteiger partial charge in [0.1, 0.15) is 0 Å². The summed E-state index contributed by atoms with van der Waals surface area (Å²) >= 11 is 1.78. The van der Waals surface area contributed by atoms with Gasteiger partial charge in [-0.05, 0) is 13.0 Å². The zero-order chi connectivity index (χ0) is 20.2. The lowest BCUT2D eigenvalue weighted by Crippen LogP contribution is -2.26. The van der Waals surface area contributed by atoms with E-state index in [9.17, 15) is 4.79 Å². The highest BCUT2D eigenvalue weighted by Crippen LogP contribution is 2.36. The third-order valence-electron chi connectivity index (χ3n) is 4.80. The molecule has 0 amide bonds. The number of H-pyrrole nitrogens is 1.